The number of carbonyl (C=O) groups excluding carboxylic acids is 1. The average molecular weight is 283 g/mol. The lowest BCUT2D eigenvalue weighted by Gasteiger charge is -2.39. The van der Waals surface area contributed by atoms with E-state index in [4.69, 9.17) is 5.11 Å². The van der Waals surface area contributed by atoms with Crippen LogP contribution in [0.2, 0.25) is 0 Å². The van der Waals surface area contributed by atoms with Crippen molar-refractivity contribution in [2.75, 3.05) is 6.61 Å². The number of aliphatic hydroxyl groups is 1. The topological polar surface area (TPSA) is 86.6 Å². The smallest absolute Gasteiger partial charge is 0.306 e. The molecule has 2 rings (SSSR count). The normalized spacial score (nSPS) is 37.6. The molecule has 114 valence electrons. The summed E-state index contributed by atoms with van der Waals surface area (Å²) in [5.41, 5.74) is -0.481. The van der Waals surface area contributed by atoms with Gasteiger partial charge in [-0.05, 0) is 50.9 Å². The maximum atomic E-state index is 12.3. The molecule has 0 saturated heterocycles. The van der Waals surface area contributed by atoms with Crippen LogP contribution in [-0.2, 0) is 9.59 Å². The monoisotopic (exact) mass is 283 g/mol. The second-order valence-corrected chi connectivity index (χ2v) is 6.66. The average Bonchev–Trinajstić information content (AvgIpc) is 2.92. The van der Waals surface area contributed by atoms with Crippen molar-refractivity contribution in [2.24, 2.45) is 17.8 Å². The van der Waals surface area contributed by atoms with Gasteiger partial charge in [0, 0.05) is 5.92 Å². The van der Waals surface area contributed by atoms with E-state index >= 15 is 0 Å². The standard InChI is InChI=1S/C15H25NO4/c1-10-4-6-15(9-17,7-5-10)16-13(18)11-2-3-12(8-11)14(19)20/h10-12,17H,2-9H2,1H3,(H,16,18)(H,19,20). The predicted octanol–water partition coefficient (Wildman–Crippen LogP) is 1.54. The zero-order chi connectivity index (χ0) is 14.8. The van der Waals surface area contributed by atoms with Crippen LogP contribution in [-0.4, -0.2) is 34.2 Å². The van der Waals surface area contributed by atoms with Gasteiger partial charge in [0.25, 0.3) is 0 Å². The zero-order valence-corrected chi connectivity index (χ0v) is 12.1. The van der Waals surface area contributed by atoms with Crippen LogP contribution in [0.15, 0.2) is 0 Å². The van der Waals surface area contributed by atoms with Gasteiger partial charge in [-0.3, -0.25) is 9.59 Å². The highest BCUT2D eigenvalue weighted by Crippen LogP contribution is 2.35. The number of hydrogen-bond donors (Lipinski definition) is 3. The molecule has 5 heteroatoms. The van der Waals surface area contributed by atoms with E-state index in [-0.39, 0.29) is 24.3 Å². The van der Waals surface area contributed by atoms with Gasteiger partial charge in [-0.15, -0.1) is 0 Å². The number of aliphatic hydroxyl groups excluding tert-OH is 1. The molecule has 0 aromatic rings. The fourth-order valence-corrected chi connectivity index (χ4v) is 3.44. The minimum Gasteiger partial charge on any atom is -0.481 e. The largest absolute Gasteiger partial charge is 0.481 e. The fourth-order valence-electron chi connectivity index (χ4n) is 3.44. The van der Waals surface area contributed by atoms with Crippen molar-refractivity contribution in [3.63, 3.8) is 0 Å². The van der Waals surface area contributed by atoms with Crippen molar-refractivity contribution in [1.82, 2.24) is 5.32 Å². The van der Waals surface area contributed by atoms with Crippen LogP contribution < -0.4 is 5.32 Å². The van der Waals surface area contributed by atoms with Crippen LogP contribution in [0.1, 0.15) is 51.9 Å². The molecule has 2 saturated carbocycles. The highest BCUT2D eigenvalue weighted by Gasteiger charge is 2.39. The number of carbonyl (C=O) groups is 2. The van der Waals surface area contributed by atoms with E-state index in [0.29, 0.717) is 25.2 Å². The summed E-state index contributed by atoms with van der Waals surface area (Å²) in [7, 11) is 0. The van der Waals surface area contributed by atoms with Crippen LogP contribution in [0, 0.1) is 17.8 Å². The summed E-state index contributed by atoms with van der Waals surface area (Å²) in [4.78, 5) is 23.3. The summed E-state index contributed by atoms with van der Waals surface area (Å²) in [5.74, 6) is -0.823. The quantitative estimate of drug-likeness (QED) is 0.730. The highest BCUT2D eigenvalue weighted by atomic mass is 16.4. The minimum absolute atomic E-state index is 0.0272. The summed E-state index contributed by atoms with van der Waals surface area (Å²) >= 11 is 0. The van der Waals surface area contributed by atoms with Crippen LogP contribution in [0.5, 0.6) is 0 Å². The maximum Gasteiger partial charge on any atom is 0.306 e. The predicted molar refractivity (Wildman–Crippen MR) is 74.1 cm³/mol. The van der Waals surface area contributed by atoms with Crippen LogP contribution in [0.4, 0.5) is 0 Å². The van der Waals surface area contributed by atoms with Gasteiger partial charge in [0.05, 0.1) is 18.1 Å². The van der Waals surface area contributed by atoms with E-state index in [0.717, 1.165) is 25.7 Å². The third kappa shape index (κ3) is 3.32. The molecule has 0 aliphatic heterocycles. The molecular formula is C15H25NO4. The Morgan fingerprint density at radius 2 is 1.75 bits per heavy atom. The minimum atomic E-state index is -0.802. The van der Waals surface area contributed by atoms with Gasteiger partial charge in [-0.1, -0.05) is 6.92 Å². The zero-order valence-electron chi connectivity index (χ0n) is 12.1. The summed E-state index contributed by atoms with van der Waals surface area (Å²) in [5, 5.41) is 21.7. The van der Waals surface area contributed by atoms with Gasteiger partial charge in [-0.25, -0.2) is 0 Å². The molecular weight excluding hydrogens is 258 g/mol. The Kier molecular flexibility index (Phi) is 4.68. The second kappa shape index (κ2) is 6.12. The van der Waals surface area contributed by atoms with Crippen LogP contribution in [0.25, 0.3) is 0 Å². The number of nitrogens with one attached hydrogen (secondary N) is 1. The number of hydrogen-bond acceptors (Lipinski definition) is 3. The molecule has 20 heavy (non-hydrogen) atoms. The van der Waals surface area contributed by atoms with Gasteiger partial charge < -0.3 is 15.5 Å². The molecule has 5 nitrogen and oxygen atoms in total. The van der Waals surface area contributed by atoms with E-state index in [1.807, 2.05) is 0 Å². The number of rotatable bonds is 4. The third-order valence-corrected chi connectivity index (χ3v) is 5.08. The lowest BCUT2D eigenvalue weighted by atomic mass is 9.77. The Hall–Kier alpha value is -1.10. The second-order valence-electron chi connectivity index (χ2n) is 6.66. The van der Waals surface area contributed by atoms with Gasteiger partial charge in [0.2, 0.25) is 5.91 Å². The first kappa shape index (κ1) is 15.3. The van der Waals surface area contributed by atoms with Crippen molar-refractivity contribution in [3.8, 4) is 0 Å². The molecule has 0 aromatic heterocycles. The molecule has 2 aliphatic carbocycles. The van der Waals surface area contributed by atoms with Gasteiger partial charge in [0.1, 0.15) is 0 Å². The molecule has 2 atom stereocenters. The van der Waals surface area contributed by atoms with E-state index in [1.54, 1.807) is 0 Å². The molecule has 2 unspecified atom stereocenters. The molecule has 0 aromatic carbocycles. The summed E-state index contributed by atoms with van der Waals surface area (Å²) in [6.07, 6.45) is 5.31. The van der Waals surface area contributed by atoms with Crippen molar-refractivity contribution >= 4 is 11.9 Å². The molecule has 0 radical (unpaired) electrons. The van der Waals surface area contributed by atoms with Crippen molar-refractivity contribution < 1.29 is 19.8 Å². The lowest BCUT2D eigenvalue weighted by Crippen LogP contribution is -2.54. The molecule has 2 aliphatic rings. The highest BCUT2D eigenvalue weighted by molar-refractivity contribution is 5.81. The van der Waals surface area contributed by atoms with E-state index in [1.165, 1.54) is 0 Å². The van der Waals surface area contributed by atoms with Gasteiger partial charge in [0.15, 0.2) is 0 Å². The number of carboxylic acid groups (broad SMARTS) is 1. The first-order valence-corrected chi connectivity index (χ1v) is 7.61. The molecule has 2 fully saturated rings. The summed E-state index contributed by atoms with van der Waals surface area (Å²) in [6.45, 7) is 2.16. The van der Waals surface area contributed by atoms with Gasteiger partial charge in [-0.2, -0.15) is 0 Å². The number of amides is 1. The molecule has 0 bridgehead atoms. The van der Waals surface area contributed by atoms with Crippen molar-refractivity contribution in [1.29, 1.82) is 0 Å². The van der Waals surface area contributed by atoms with Crippen LogP contribution in [0.3, 0.4) is 0 Å². The lowest BCUT2D eigenvalue weighted by molar-refractivity contribution is -0.141. The van der Waals surface area contributed by atoms with Gasteiger partial charge >= 0.3 is 5.97 Å². The van der Waals surface area contributed by atoms with Crippen molar-refractivity contribution in [3.05, 3.63) is 0 Å². The molecule has 3 N–H and O–H groups in total. The number of carboxylic acids is 1. The summed E-state index contributed by atoms with van der Waals surface area (Å²) in [6, 6.07) is 0. The maximum absolute atomic E-state index is 12.3. The van der Waals surface area contributed by atoms with E-state index in [2.05, 4.69) is 12.2 Å². The first-order chi connectivity index (χ1) is 9.46. The Bertz CT molecular complexity index is 374. The van der Waals surface area contributed by atoms with E-state index < -0.39 is 11.5 Å². The Balaban J connectivity index is 1.91. The number of aliphatic carboxylic acids is 1. The fraction of sp³-hybridized carbons (Fsp3) is 0.867. The first-order valence-electron chi connectivity index (χ1n) is 7.61. The SMILES string of the molecule is CC1CCC(CO)(NC(=O)C2CCC(C(=O)O)C2)CC1. The Morgan fingerprint density at radius 1 is 1.15 bits per heavy atom. The van der Waals surface area contributed by atoms with Crippen LogP contribution >= 0.6 is 0 Å². The molecule has 1 amide bonds. The third-order valence-electron chi connectivity index (χ3n) is 5.08. The molecule has 0 heterocycles. The Labute approximate surface area is 119 Å². The summed E-state index contributed by atoms with van der Waals surface area (Å²) < 4.78 is 0. The molecule has 0 spiro atoms. The Morgan fingerprint density at radius 3 is 2.25 bits per heavy atom. The van der Waals surface area contributed by atoms with Crippen molar-refractivity contribution in [2.45, 2.75) is 57.4 Å². The van der Waals surface area contributed by atoms with E-state index in [9.17, 15) is 14.7 Å².